The van der Waals surface area contributed by atoms with Crippen LogP contribution in [-0.4, -0.2) is 46.1 Å². The smallest absolute Gasteiger partial charge is 0.421 e. The molecular weight excluding hydrogens is 573 g/mol. The van der Waals surface area contributed by atoms with Crippen molar-refractivity contribution in [1.29, 1.82) is 0 Å². The number of rotatable bonds is 6. The van der Waals surface area contributed by atoms with E-state index in [2.05, 4.69) is 20.2 Å². The molecular formula is C30H26F5N5O3. The number of nitrogens with zero attached hydrogens (tertiary/aromatic N) is 4. The summed E-state index contributed by atoms with van der Waals surface area (Å²) < 4.78 is 77.1. The topological polar surface area (TPSA) is 94.7 Å². The number of benzene rings is 2. The van der Waals surface area contributed by atoms with Crippen molar-refractivity contribution in [1.82, 2.24) is 14.9 Å². The van der Waals surface area contributed by atoms with Crippen molar-refractivity contribution in [3.63, 3.8) is 0 Å². The molecule has 2 aliphatic heterocycles. The number of anilines is 4. The Kier molecular flexibility index (Phi) is 6.87. The Bertz CT molecular complexity index is 1730. The molecule has 0 aliphatic carbocycles. The number of carbonyl (C=O) groups is 1. The Morgan fingerprint density at radius 2 is 1.95 bits per heavy atom. The van der Waals surface area contributed by atoms with Gasteiger partial charge in [-0.15, -0.1) is 0 Å². The van der Waals surface area contributed by atoms with Gasteiger partial charge in [-0.3, -0.25) is 4.79 Å². The molecule has 224 valence electrons. The number of furan rings is 1. The van der Waals surface area contributed by atoms with Gasteiger partial charge in [0.1, 0.15) is 11.3 Å². The lowest BCUT2D eigenvalue weighted by Gasteiger charge is -2.27. The van der Waals surface area contributed by atoms with Crippen molar-refractivity contribution in [2.75, 3.05) is 30.4 Å². The standard InChI is InChI=1S/C30H26F5N5O3/c1-29(12-26(41)42)15-40(24-11-23(32)22(31)10-20(24)29)27-21(30(33,34)35)13-36-28(38-27)37-17-8-16-14-39(2)6-5-18(16)19(9-17)25-4-3-7-43-25/h3-4,7-11,13H,5-6,12,14-15H2,1-2H3,(H,41,42)(H,36,37,38). The minimum absolute atomic E-state index is 0.0666. The van der Waals surface area contributed by atoms with Gasteiger partial charge in [-0.05, 0) is 60.5 Å². The van der Waals surface area contributed by atoms with Crippen molar-refractivity contribution in [3.8, 4) is 11.3 Å². The predicted molar refractivity (Wildman–Crippen MR) is 147 cm³/mol. The molecule has 0 bridgehead atoms. The van der Waals surface area contributed by atoms with Gasteiger partial charge >= 0.3 is 12.1 Å². The Hall–Kier alpha value is -4.52. The van der Waals surface area contributed by atoms with E-state index in [-0.39, 0.29) is 23.7 Å². The number of carboxylic acids is 1. The van der Waals surface area contributed by atoms with Gasteiger partial charge in [0.05, 0.1) is 12.7 Å². The van der Waals surface area contributed by atoms with Crippen LogP contribution in [0.4, 0.5) is 45.1 Å². The SMILES string of the molecule is CN1CCc2c(cc(Nc3ncc(C(F)(F)F)c(N4CC(C)(CC(=O)O)c5cc(F)c(F)cc54)n3)cc2-c2ccco2)C1. The highest BCUT2D eigenvalue weighted by atomic mass is 19.4. The van der Waals surface area contributed by atoms with Gasteiger partial charge in [-0.2, -0.15) is 18.2 Å². The molecule has 0 amide bonds. The Labute approximate surface area is 242 Å². The largest absolute Gasteiger partial charge is 0.481 e. The van der Waals surface area contributed by atoms with Gasteiger partial charge < -0.3 is 24.6 Å². The summed E-state index contributed by atoms with van der Waals surface area (Å²) in [7, 11) is 1.99. The van der Waals surface area contributed by atoms with E-state index in [1.807, 2.05) is 25.2 Å². The molecule has 0 spiro atoms. The molecule has 0 saturated carbocycles. The molecule has 0 fully saturated rings. The van der Waals surface area contributed by atoms with Crippen molar-refractivity contribution in [2.45, 2.75) is 37.9 Å². The summed E-state index contributed by atoms with van der Waals surface area (Å²) in [5.74, 6) is -3.91. The number of alkyl halides is 3. The quantitative estimate of drug-likeness (QED) is 0.238. The number of hydrogen-bond donors (Lipinski definition) is 2. The second-order valence-corrected chi connectivity index (χ2v) is 11.2. The minimum Gasteiger partial charge on any atom is -0.481 e. The number of likely N-dealkylation sites (N-methyl/N-ethyl adjacent to an activating group) is 1. The fraction of sp³-hybridized carbons (Fsp3) is 0.300. The molecule has 2 N–H and O–H groups in total. The first-order valence-corrected chi connectivity index (χ1v) is 13.4. The number of aromatic nitrogens is 2. The molecule has 2 aromatic heterocycles. The first-order valence-electron chi connectivity index (χ1n) is 13.4. The van der Waals surface area contributed by atoms with E-state index >= 15 is 0 Å². The van der Waals surface area contributed by atoms with E-state index in [4.69, 9.17) is 4.42 Å². The molecule has 2 aromatic carbocycles. The van der Waals surface area contributed by atoms with Gasteiger partial charge in [0.25, 0.3) is 0 Å². The zero-order chi connectivity index (χ0) is 30.7. The van der Waals surface area contributed by atoms with Crippen LogP contribution in [0.5, 0.6) is 0 Å². The van der Waals surface area contributed by atoms with Crippen LogP contribution in [0.25, 0.3) is 11.3 Å². The summed E-state index contributed by atoms with van der Waals surface area (Å²) in [6, 6.07) is 8.89. The first-order chi connectivity index (χ1) is 20.3. The van der Waals surface area contributed by atoms with Crippen LogP contribution in [0.3, 0.4) is 0 Å². The molecule has 43 heavy (non-hydrogen) atoms. The molecule has 6 rings (SSSR count). The minimum atomic E-state index is -4.90. The highest BCUT2D eigenvalue weighted by Crippen LogP contribution is 2.49. The number of nitrogens with one attached hydrogen (secondary N) is 1. The van der Waals surface area contributed by atoms with E-state index in [1.54, 1.807) is 12.3 Å². The number of halogens is 5. The maximum Gasteiger partial charge on any atom is 0.421 e. The molecule has 13 heteroatoms. The number of aliphatic carboxylic acids is 1. The van der Waals surface area contributed by atoms with Crippen LogP contribution in [0.1, 0.15) is 35.6 Å². The second-order valence-electron chi connectivity index (χ2n) is 11.2. The van der Waals surface area contributed by atoms with E-state index < -0.39 is 47.0 Å². The lowest BCUT2D eigenvalue weighted by atomic mass is 9.81. The lowest BCUT2D eigenvalue weighted by molar-refractivity contribution is -0.139. The van der Waals surface area contributed by atoms with Crippen LogP contribution in [0, 0.1) is 11.6 Å². The summed E-state index contributed by atoms with van der Waals surface area (Å²) in [6.07, 6.45) is -2.47. The van der Waals surface area contributed by atoms with Crippen LogP contribution in [0.2, 0.25) is 0 Å². The van der Waals surface area contributed by atoms with Gasteiger partial charge in [0.15, 0.2) is 17.5 Å². The highest BCUT2D eigenvalue weighted by Gasteiger charge is 2.46. The number of hydrogen-bond acceptors (Lipinski definition) is 7. The van der Waals surface area contributed by atoms with Crippen LogP contribution < -0.4 is 10.2 Å². The molecule has 8 nitrogen and oxygen atoms in total. The third kappa shape index (κ3) is 5.29. The van der Waals surface area contributed by atoms with Crippen molar-refractivity contribution < 1.29 is 36.3 Å². The zero-order valence-corrected chi connectivity index (χ0v) is 23.1. The number of carboxylic acid groups (broad SMARTS) is 1. The first kappa shape index (κ1) is 28.6. The van der Waals surface area contributed by atoms with Crippen molar-refractivity contribution in [2.24, 2.45) is 0 Å². The van der Waals surface area contributed by atoms with Crippen LogP contribution in [0.15, 0.2) is 53.3 Å². The van der Waals surface area contributed by atoms with Crippen LogP contribution in [-0.2, 0) is 29.4 Å². The summed E-state index contributed by atoms with van der Waals surface area (Å²) in [5, 5.41) is 12.5. The van der Waals surface area contributed by atoms with Crippen molar-refractivity contribution in [3.05, 3.63) is 82.7 Å². The fourth-order valence-corrected chi connectivity index (χ4v) is 5.97. The molecule has 4 aromatic rings. The maximum atomic E-state index is 14.4. The average molecular weight is 600 g/mol. The Morgan fingerprint density at radius 3 is 2.65 bits per heavy atom. The third-order valence-electron chi connectivity index (χ3n) is 7.93. The second kappa shape index (κ2) is 10.3. The van der Waals surface area contributed by atoms with E-state index in [1.165, 1.54) is 6.92 Å². The van der Waals surface area contributed by atoms with Crippen molar-refractivity contribution >= 4 is 29.1 Å². The van der Waals surface area contributed by atoms with E-state index in [9.17, 15) is 31.9 Å². The average Bonchev–Trinajstić information content (AvgIpc) is 3.54. The summed E-state index contributed by atoms with van der Waals surface area (Å²) in [6.45, 7) is 2.66. The van der Waals surface area contributed by atoms with Crippen LogP contribution >= 0.6 is 0 Å². The van der Waals surface area contributed by atoms with E-state index in [0.717, 1.165) is 46.7 Å². The molecule has 1 atom stereocenters. The summed E-state index contributed by atoms with van der Waals surface area (Å²) in [4.78, 5) is 23.0. The fourth-order valence-electron chi connectivity index (χ4n) is 5.97. The van der Waals surface area contributed by atoms with Gasteiger partial charge in [0.2, 0.25) is 5.95 Å². The summed E-state index contributed by atoms with van der Waals surface area (Å²) in [5.41, 5.74) is 0.876. The third-order valence-corrected chi connectivity index (χ3v) is 7.93. The molecule has 2 aliphatic rings. The Balaban J connectivity index is 1.45. The molecule has 0 radical (unpaired) electrons. The molecule has 4 heterocycles. The number of fused-ring (bicyclic) bond motifs is 2. The van der Waals surface area contributed by atoms with Gasteiger partial charge in [0, 0.05) is 54.3 Å². The highest BCUT2D eigenvalue weighted by molar-refractivity contribution is 5.78. The normalized spacial score (nSPS) is 18.4. The monoisotopic (exact) mass is 599 g/mol. The zero-order valence-electron chi connectivity index (χ0n) is 23.1. The molecule has 0 saturated heterocycles. The lowest BCUT2D eigenvalue weighted by Crippen LogP contribution is -2.32. The van der Waals surface area contributed by atoms with E-state index in [0.29, 0.717) is 24.2 Å². The summed E-state index contributed by atoms with van der Waals surface area (Å²) >= 11 is 0. The molecule has 1 unspecified atom stereocenters. The van der Waals surface area contributed by atoms with Gasteiger partial charge in [-0.25, -0.2) is 13.8 Å². The van der Waals surface area contributed by atoms with Gasteiger partial charge in [-0.1, -0.05) is 6.92 Å². The maximum absolute atomic E-state index is 14.4. The predicted octanol–water partition coefficient (Wildman–Crippen LogP) is 6.65. The Morgan fingerprint density at radius 1 is 1.19 bits per heavy atom.